The number of benzene rings is 1. The number of rotatable bonds is 2. The van der Waals surface area contributed by atoms with Crippen LogP contribution in [0.4, 0.5) is 0 Å². The molecule has 26 heavy (non-hydrogen) atoms. The summed E-state index contributed by atoms with van der Waals surface area (Å²) >= 11 is 0. The highest BCUT2D eigenvalue weighted by atomic mass is 16.5. The maximum absolute atomic E-state index is 13.3. The largest absolute Gasteiger partial charge is 0.508 e. The number of likely N-dealkylation sites (tertiary alicyclic amines) is 2. The minimum atomic E-state index is -0.414. The normalized spacial score (nSPS) is 27.3. The predicted octanol–water partition coefficient (Wildman–Crippen LogP) is 2.03. The average molecular weight is 358 g/mol. The number of piperidine rings is 1. The van der Waals surface area contributed by atoms with E-state index < -0.39 is 5.41 Å². The van der Waals surface area contributed by atoms with Crippen molar-refractivity contribution in [2.45, 2.75) is 38.1 Å². The van der Waals surface area contributed by atoms with Gasteiger partial charge in [-0.1, -0.05) is 0 Å². The summed E-state index contributed by atoms with van der Waals surface area (Å²) in [6, 6.07) is 6.62. The van der Waals surface area contributed by atoms with Crippen LogP contribution < -0.4 is 0 Å². The molecule has 0 saturated carbocycles. The number of carbonyl (C=O) groups excluding carboxylic acids is 2. The molecule has 3 aliphatic heterocycles. The van der Waals surface area contributed by atoms with Crippen LogP contribution in [0.3, 0.4) is 0 Å². The summed E-state index contributed by atoms with van der Waals surface area (Å²) in [6.45, 7) is 3.41. The van der Waals surface area contributed by atoms with Crippen molar-refractivity contribution in [1.82, 2.24) is 9.80 Å². The Kier molecular flexibility index (Phi) is 4.61. The van der Waals surface area contributed by atoms with Crippen LogP contribution in [-0.2, 0) is 9.53 Å². The molecule has 6 heteroatoms. The van der Waals surface area contributed by atoms with E-state index in [0.29, 0.717) is 18.7 Å². The topological polar surface area (TPSA) is 70.1 Å². The second kappa shape index (κ2) is 6.91. The van der Waals surface area contributed by atoms with Gasteiger partial charge in [0, 0.05) is 44.5 Å². The molecule has 1 aromatic carbocycles. The molecule has 1 atom stereocenters. The Morgan fingerprint density at radius 2 is 1.85 bits per heavy atom. The number of aromatic hydroxyl groups is 1. The van der Waals surface area contributed by atoms with E-state index in [1.165, 1.54) is 12.1 Å². The molecule has 3 aliphatic rings. The van der Waals surface area contributed by atoms with Gasteiger partial charge >= 0.3 is 0 Å². The zero-order valence-corrected chi connectivity index (χ0v) is 15.0. The molecule has 0 aromatic heterocycles. The van der Waals surface area contributed by atoms with Gasteiger partial charge in [-0.2, -0.15) is 0 Å². The summed E-state index contributed by atoms with van der Waals surface area (Å²) in [7, 11) is 0. The lowest BCUT2D eigenvalue weighted by Gasteiger charge is -2.44. The first-order valence-corrected chi connectivity index (χ1v) is 9.56. The van der Waals surface area contributed by atoms with Crippen molar-refractivity contribution in [2.75, 3.05) is 32.8 Å². The van der Waals surface area contributed by atoms with E-state index >= 15 is 0 Å². The average Bonchev–Trinajstić information content (AvgIpc) is 3.10. The van der Waals surface area contributed by atoms with Crippen molar-refractivity contribution >= 4 is 11.8 Å². The molecule has 0 aliphatic carbocycles. The summed E-state index contributed by atoms with van der Waals surface area (Å²) in [6.07, 6.45) is 4.45. The Bertz CT molecular complexity index is 684. The molecule has 0 unspecified atom stereocenters. The minimum Gasteiger partial charge on any atom is -0.508 e. The molecule has 0 bridgehead atoms. The van der Waals surface area contributed by atoms with Crippen molar-refractivity contribution in [2.24, 2.45) is 5.41 Å². The lowest BCUT2D eigenvalue weighted by molar-refractivity contribution is -0.150. The van der Waals surface area contributed by atoms with Gasteiger partial charge in [0.15, 0.2) is 0 Å². The van der Waals surface area contributed by atoms with Gasteiger partial charge in [-0.05, 0) is 56.4 Å². The lowest BCUT2D eigenvalue weighted by atomic mass is 9.77. The number of carbonyl (C=O) groups is 2. The third-order valence-electron chi connectivity index (χ3n) is 6.16. The summed E-state index contributed by atoms with van der Waals surface area (Å²) < 4.78 is 5.44. The predicted molar refractivity (Wildman–Crippen MR) is 95.8 cm³/mol. The van der Waals surface area contributed by atoms with Crippen molar-refractivity contribution in [3.05, 3.63) is 29.8 Å². The third kappa shape index (κ3) is 3.07. The second-order valence-corrected chi connectivity index (χ2v) is 7.75. The maximum atomic E-state index is 13.3. The molecule has 4 rings (SSSR count). The van der Waals surface area contributed by atoms with Crippen LogP contribution >= 0.6 is 0 Å². The zero-order chi connectivity index (χ0) is 18.1. The Morgan fingerprint density at radius 1 is 1.12 bits per heavy atom. The SMILES string of the molecule is O=C(c1ccc(O)cc1)N1CC[C@]2(CCCN(C3CCOCC3)C2=O)C1. The van der Waals surface area contributed by atoms with Gasteiger partial charge < -0.3 is 19.6 Å². The summed E-state index contributed by atoms with van der Waals surface area (Å²) in [5.74, 6) is 0.323. The molecule has 3 fully saturated rings. The molecule has 1 spiro atoms. The molecule has 1 aromatic rings. The number of hydrogen-bond acceptors (Lipinski definition) is 4. The summed E-state index contributed by atoms with van der Waals surface area (Å²) in [5.41, 5.74) is 0.146. The number of ether oxygens (including phenoxy) is 1. The smallest absolute Gasteiger partial charge is 0.253 e. The summed E-state index contributed by atoms with van der Waals surface area (Å²) in [4.78, 5) is 30.0. The highest BCUT2D eigenvalue weighted by Gasteiger charge is 2.50. The minimum absolute atomic E-state index is 0.0575. The maximum Gasteiger partial charge on any atom is 0.253 e. The number of phenolic OH excluding ortho intramolecular Hbond substituents is 1. The van der Waals surface area contributed by atoms with Crippen LogP contribution in [0, 0.1) is 5.41 Å². The Balaban J connectivity index is 1.48. The highest BCUT2D eigenvalue weighted by Crippen LogP contribution is 2.41. The van der Waals surface area contributed by atoms with Crippen molar-refractivity contribution in [3.8, 4) is 5.75 Å². The van der Waals surface area contributed by atoms with E-state index in [4.69, 9.17) is 4.74 Å². The fraction of sp³-hybridized carbons (Fsp3) is 0.600. The fourth-order valence-corrected chi connectivity index (χ4v) is 4.66. The van der Waals surface area contributed by atoms with Crippen LogP contribution in [0.15, 0.2) is 24.3 Å². The van der Waals surface area contributed by atoms with Gasteiger partial charge in [0.05, 0.1) is 5.41 Å². The van der Waals surface area contributed by atoms with Gasteiger partial charge in [-0.3, -0.25) is 9.59 Å². The van der Waals surface area contributed by atoms with Crippen molar-refractivity contribution < 1.29 is 19.4 Å². The standard InChI is InChI=1S/C20H26N2O4/c23-17-4-2-15(3-5-17)18(24)21-11-9-20(14-21)8-1-10-22(19(20)25)16-6-12-26-13-7-16/h2-5,16,23H,1,6-14H2/t20-/m1/s1. The second-order valence-electron chi connectivity index (χ2n) is 7.75. The van der Waals surface area contributed by atoms with Gasteiger partial charge in [0.25, 0.3) is 5.91 Å². The Morgan fingerprint density at radius 3 is 2.58 bits per heavy atom. The molecular formula is C20H26N2O4. The van der Waals surface area contributed by atoms with E-state index in [2.05, 4.69) is 4.90 Å². The first kappa shape index (κ1) is 17.3. The third-order valence-corrected chi connectivity index (χ3v) is 6.16. The van der Waals surface area contributed by atoms with Crippen LogP contribution in [0.1, 0.15) is 42.5 Å². The number of nitrogens with zero attached hydrogens (tertiary/aromatic N) is 2. The molecule has 6 nitrogen and oxygen atoms in total. The Labute approximate surface area is 153 Å². The molecule has 1 N–H and O–H groups in total. The van der Waals surface area contributed by atoms with E-state index in [1.54, 1.807) is 17.0 Å². The van der Waals surface area contributed by atoms with E-state index in [0.717, 1.165) is 51.9 Å². The van der Waals surface area contributed by atoms with Crippen molar-refractivity contribution in [3.63, 3.8) is 0 Å². The molecule has 0 radical (unpaired) electrons. The molecular weight excluding hydrogens is 332 g/mol. The van der Waals surface area contributed by atoms with Gasteiger partial charge in [-0.25, -0.2) is 0 Å². The molecule has 3 saturated heterocycles. The fourth-order valence-electron chi connectivity index (χ4n) is 4.66. The van der Waals surface area contributed by atoms with E-state index in [9.17, 15) is 14.7 Å². The van der Waals surface area contributed by atoms with Gasteiger partial charge in [-0.15, -0.1) is 0 Å². The Hall–Kier alpha value is -2.08. The van der Waals surface area contributed by atoms with Crippen molar-refractivity contribution in [1.29, 1.82) is 0 Å². The van der Waals surface area contributed by atoms with Crippen LogP contribution in [-0.4, -0.2) is 65.6 Å². The molecule has 140 valence electrons. The number of amides is 2. The lowest BCUT2D eigenvalue weighted by Crippen LogP contribution is -2.55. The molecule has 3 heterocycles. The zero-order valence-electron chi connectivity index (χ0n) is 15.0. The first-order chi connectivity index (χ1) is 12.6. The van der Waals surface area contributed by atoms with Crippen LogP contribution in [0.25, 0.3) is 0 Å². The van der Waals surface area contributed by atoms with Crippen LogP contribution in [0.5, 0.6) is 5.75 Å². The van der Waals surface area contributed by atoms with Gasteiger partial charge in [0.1, 0.15) is 5.75 Å². The van der Waals surface area contributed by atoms with E-state index in [-0.39, 0.29) is 23.6 Å². The molecule has 2 amide bonds. The summed E-state index contributed by atoms with van der Waals surface area (Å²) in [5, 5.41) is 9.41. The van der Waals surface area contributed by atoms with Crippen LogP contribution in [0.2, 0.25) is 0 Å². The number of phenols is 1. The number of hydrogen-bond donors (Lipinski definition) is 1. The monoisotopic (exact) mass is 358 g/mol. The quantitative estimate of drug-likeness (QED) is 0.878. The van der Waals surface area contributed by atoms with E-state index in [1.807, 2.05) is 0 Å². The first-order valence-electron chi connectivity index (χ1n) is 9.56. The van der Waals surface area contributed by atoms with Gasteiger partial charge in [0.2, 0.25) is 5.91 Å². The highest BCUT2D eigenvalue weighted by molar-refractivity contribution is 5.95.